The fraction of sp³-hybridized carbons (Fsp3) is 0.0909. The van der Waals surface area contributed by atoms with Gasteiger partial charge in [-0.1, -0.05) is 0 Å². The Morgan fingerprint density at radius 1 is 0.464 bits per heavy atom. The lowest BCUT2D eigenvalue weighted by molar-refractivity contribution is 0.100. The van der Waals surface area contributed by atoms with Crippen LogP contribution >= 0.6 is 0 Å². The summed E-state index contributed by atoms with van der Waals surface area (Å²) in [6, 6.07) is 21.1. The Bertz CT molecular complexity index is 949. The van der Waals surface area contributed by atoms with Crippen LogP contribution in [0.4, 0.5) is 22.7 Å². The monoisotopic (exact) mass is 370 g/mol. The first-order valence-electron chi connectivity index (χ1n) is 8.67. The van der Waals surface area contributed by atoms with Gasteiger partial charge in [-0.25, -0.2) is 0 Å². The van der Waals surface area contributed by atoms with E-state index in [9.17, 15) is 9.59 Å². The second-order valence-electron chi connectivity index (χ2n) is 6.12. The molecular formula is C22H18N4O2. The summed E-state index contributed by atoms with van der Waals surface area (Å²) in [6.45, 7) is 3.05. The minimum Gasteiger partial charge on any atom is -0.295 e. The fourth-order valence-electron chi connectivity index (χ4n) is 2.34. The van der Waals surface area contributed by atoms with Crippen molar-refractivity contribution >= 4 is 34.3 Å². The lowest BCUT2D eigenvalue weighted by Gasteiger charge is -1.97. The molecule has 0 aliphatic rings. The smallest absolute Gasteiger partial charge is 0.159 e. The molecule has 0 atom stereocenters. The highest BCUT2D eigenvalue weighted by Gasteiger charge is 1.99. The Labute approximate surface area is 162 Å². The molecule has 0 saturated carbocycles. The summed E-state index contributed by atoms with van der Waals surface area (Å²) < 4.78 is 0. The van der Waals surface area contributed by atoms with Gasteiger partial charge in [-0.3, -0.25) is 9.59 Å². The van der Waals surface area contributed by atoms with Crippen molar-refractivity contribution in [2.24, 2.45) is 20.5 Å². The number of hydrogen-bond acceptors (Lipinski definition) is 6. The summed E-state index contributed by atoms with van der Waals surface area (Å²) >= 11 is 0. The van der Waals surface area contributed by atoms with Gasteiger partial charge in [-0.2, -0.15) is 20.5 Å². The summed E-state index contributed by atoms with van der Waals surface area (Å²) in [5.41, 5.74) is 3.99. The number of carbonyl (C=O) groups is 2. The van der Waals surface area contributed by atoms with Crippen LogP contribution in [0.2, 0.25) is 0 Å². The SMILES string of the molecule is CC(=O)c1ccc(N=Nc2ccc(N=Nc3ccc(C(C)=O)cc3)cc2)cc1. The first kappa shape index (κ1) is 19.0. The number of benzene rings is 3. The highest BCUT2D eigenvalue weighted by molar-refractivity contribution is 5.94. The van der Waals surface area contributed by atoms with Crippen LogP contribution in [0.1, 0.15) is 34.6 Å². The van der Waals surface area contributed by atoms with E-state index < -0.39 is 0 Å². The maximum atomic E-state index is 11.3. The highest BCUT2D eigenvalue weighted by Crippen LogP contribution is 2.23. The van der Waals surface area contributed by atoms with E-state index in [0.29, 0.717) is 33.9 Å². The zero-order valence-electron chi connectivity index (χ0n) is 15.5. The van der Waals surface area contributed by atoms with Crippen molar-refractivity contribution in [3.63, 3.8) is 0 Å². The molecule has 3 aromatic rings. The molecule has 0 heterocycles. The molecule has 3 aromatic carbocycles. The zero-order chi connectivity index (χ0) is 19.9. The maximum Gasteiger partial charge on any atom is 0.159 e. The third kappa shape index (κ3) is 5.11. The van der Waals surface area contributed by atoms with Gasteiger partial charge in [0.2, 0.25) is 0 Å². The lowest BCUT2D eigenvalue weighted by Crippen LogP contribution is -1.89. The topological polar surface area (TPSA) is 83.6 Å². The van der Waals surface area contributed by atoms with E-state index in [0.717, 1.165) is 0 Å². The predicted octanol–water partition coefficient (Wildman–Crippen LogP) is 6.92. The van der Waals surface area contributed by atoms with Crippen LogP contribution in [0, 0.1) is 0 Å². The van der Waals surface area contributed by atoms with Crippen LogP contribution in [0.15, 0.2) is 93.3 Å². The van der Waals surface area contributed by atoms with Crippen molar-refractivity contribution in [1.82, 2.24) is 0 Å². The van der Waals surface area contributed by atoms with Crippen LogP contribution in [0.5, 0.6) is 0 Å². The van der Waals surface area contributed by atoms with Gasteiger partial charge in [-0.15, -0.1) is 0 Å². The molecule has 0 bridgehead atoms. The number of nitrogens with zero attached hydrogens (tertiary/aromatic N) is 4. The molecule has 0 saturated heterocycles. The number of rotatable bonds is 6. The molecule has 0 fully saturated rings. The molecular weight excluding hydrogens is 352 g/mol. The maximum absolute atomic E-state index is 11.3. The molecule has 3 rings (SSSR count). The first-order valence-corrected chi connectivity index (χ1v) is 8.67. The van der Waals surface area contributed by atoms with E-state index in [1.165, 1.54) is 13.8 Å². The summed E-state index contributed by atoms with van der Waals surface area (Å²) in [7, 11) is 0. The normalized spacial score (nSPS) is 11.2. The van der Waals surface area contributed by atoms with Gasteiger partial charge in [0.15, 0.2) is 11.6 Å². The predicted molar refractivity (Wildman–Crippen MR) is 108 cm³/mol. The Morgan fingerprint density at radius 2 is 0.679 bits per heavy atom. The van der Waals surface area contributed by atoms with Crippen LogP contribution in [0.25, 0.3) is 0 Å². The highest BCUT2D eigenvalue weighted by atomic mass is 16.1. The Balaban J connectivity index is 1.64. The third-order valence-corrected chi connectivity index (χ3v) is 3.96. The van der Waals surface area contributed by atoms with Crippen molar-refractivity contribution in [3.05, 3.63) is 83.9 Å². The quantitative estimate of drug-likeness (QED) is 0.348. The van der Waals surface area contributed by atoms with Gasteiger partial charge in [0.1, 0.15) is 0 Å². The molecule has 0 amide bonds. The molecule has 0 aliphatic heterocycles. The molecule has 6 heteroatoms. The molecule has 0 N–H and O–H groups in total. The average molecular weight is 370 g/mol. The summed E-state index contributed by atoms with van der Waals surface area (Å²) in [5.74, 6) is 0.0334. The molecule has 0 radical (unpaired) electrons. The zero-order valence-corrected chi connectivity index (χ0v) is 15.5. The van der Waals surface area contributed by atoms with E-state index >= 15 is 0 Å². The van der Waals surface area contributed by atoms with Crippen LogP contribution in [-0.2, 0) is 0 Å². The van der Waals surface area contributed by atoms with Gasteiger partial charge in [-0.05, 0) is 86.6 Å². The number of azo groups is 2. The number of carbonyl (C=O) groups excluding carboxylic acids is 2. The van der Waals surface area contributed by atoms with E-state index in [-0.39, 0.29) is 11.6 Å². The second kappa shape index (κ2) is 8.73. The second-order valence-corrected chi connectivity index (χ2v) is 6.12. The van der Waals surface area contributed by atoms with Gasteiger partial charge in [0, 0.05) is 11.1 Å². The number of hydrogen-bond donors (Lipinski definition) is 0. The molecule has 138 valence electrons. The van der Waals surface area contributed by atoms with E-state index in [4.69, 9.17) is 0 Å². The molecule has 0 spiro atoms. The average Bonchev–Trinajstić information content (AvgIpc) is 2.72. The summed E-state index contributed by atoms with van der Waals surface area (Å²) in [5, 5.41) is 16.7. The van der Waals surface area contributed by atoms with Crippen LogP contribution < -0.4 is 0 Å². The van der Waals surface area contributed by atoms with Gasteiger partial charge < -0.3 is 0 Å². The molecule has 0 unspecified atom stereocenters. The summed E-state index contributed by atoms with van der Waals surface area (Å²) in [6.07, 6.45) is 0. The van der Waals surface area contributed by atoms with Crippen LogP contribution in [0.3, 0.4) is 0 Å². The van der Waals surface area contributed by atoms with Crippen molar-refractivity contribution in [3.8, 4) is 0 Å². The first-order chi connectivity index (χ1) is 13.5. The Morgan fingerprint density at radius 3 is 0.893 bits per heavy atom. The molecule has 0 aliphatic carbocycles. The molecule has 28 heavy (non-hydrogen) atoms. The van der Waals surface area contributed by atoms with E-state index in [1.807, 2.05) is 0 Å². The third-order valence-electron chi connectivity index (χ3n) is 3.96. The van der Waals surface area contributed by atoms with E-state index in [1.54, 1.807) is 72.8 Å². The van der Waals surface area contributed by atoms with E-state index in [2.05, 4.69) is 20.5 Å². The Hall–Kier alpha value is -3.80. The Kier molecular flexibility index (Phi) is 5.91. The summed E-state index contributed by atoms with van der Waals surface area (Å²) in [4.78, 5) is 22.5. The minimum absolute atomic E-state index is 0.0167. The largest absolute Gasteiger partial charge is 0.295 e. The van der Waals surface area contributed by atoms with Crippen LogP contribution in [-0.4, -0.2) is 11.6 Å². The standard InChI is InChI=1S/C22H18N4O2/c1-15(27)17-3-7-19(8-4-17)23-25-21-11-13-22(14-12-21)26-24-20-9-5-18(6-10-20)16(2)28/h3-14H,1-2H3. The van der Waals surface area contributed by atoms with Crippen molar-refractivity contribution in [2.45, 2.75) is 13.8 Å². The van der Waals surface area contributed by atoms with Gasteiger partial charge in [0.25, 0.3) is 0 Å². The van der Waals surface area contributed by atoms with Crippen molar-refractivity contribution in [1.29, 1.82) is 0 Å². The van der Waals surface area contributed by atoms with Gasteiger partial charge >= 0.3 is 0 Å². The number of ketones is 2. The van der Waals surface area contributed by atoms with Gasteiger partial charge in [0.05, 0.1) is 22.7 Å². The number of Topliss-reactive ketones (excluding diaryl/α,β-unsaturated/α-hetero) is 2. The van der Waals surface area contributed by atoms with Crippen molar-refractivity contribution < 1.29 is 9.59 Å². The molecule has 0 aromatic heterocycles. The minimum atomic E-state index is 0.0167. The van der Waals surface area contributed by atoms with Crippen molar-refractivity contribution in [2.75, 3.05) is 0 Å². The molecule has 6 nitrogen and oxygen atoms in total. The fourth-order valence-corrected chi connectivity index (χ4v) is 2.34. The lowest BCUT2D eigenvalue weighted by atomic mass is 10.1.